The van der Waals surface area contributed by atoms with Crippen molar-refractivity contribution in [3.63, 3.8) is 0 Å². The van der Waals surface area contributed by atoms with E-state index in [0.29, 0.717) is 0 Å². The van der Waals surface area contributed by atoms with Crippen molar-refractivity contribution >= 4 is 49.4 Å². The third kappa shape index (κ3) is 1.62. The van der Waals surface area contributed by atoms with E-state index < -0.39 is 0 Å². The third-order valence-electron chi connectivity index (χ3n) is 2.87. The molecular formula is C11H10BrIN2. The molecule has 2 nitrogen and oxygen atoms in total. The Bertz CT molecular complexity index is 533. The Morgan fingerprint density at radius 2 is 2.20 bits per heavy atom. The van der Waals surface area contributed by atoms with E-state index in [1.165, 1.54) is 25.7 Å². The third-order valence-corrected chi connectivity index (χ3v) is 4.18. The van der Waals surface area contributed by atoms with Crippen molar-refractivity contribution in [3.05, 3.63) is 31.4 Å². The number of hydrogen-bond donors (Lipinski definition) is 2. The minimum absolute atomic E-state index is 0.988. The molecule has 0 amide bonds. The van der Waals surface area contributed by atoms with Gasteiger partial charge in [0.25, 0.3) is 0 Å². The number of nitrogens with one attached hydrogen (secondary N) is 2. The summed E-state index contributed by atoms with van der Waals surface area (Å²) in [5.74, 6) is 0. The van der Waals surface area contributed by atoms with Crippen molar-refractivity contribution in [3.8, 4) is 0 Å². The van der Waals surface area contributed by atoms with Crippen LogP contribution in [-0.4, -0.2) is 11.5 Å². The molecule has 0 fully saturated rings. The first-order valence-electron chi connectivity index (χ1n) is 4.95. The Kier molecular flexibility index (Phi) is 2.52. The van der Waals surface area contributed by atoms with Crippen LogP contribution in [0, 0.1) is 3.57 Å². The lowest BCUT2D eigenvalue weighted by Crippen LogP contribution is -2.22. The van der Waals surface area contributed by atoms with Crippen molar-refractivity contribution in [1.29, 1.82) is 0 Å². The Morgan fingerprint density at radius 1 is 1.33 bits per heavy atom. The fourth-order valence-electron chi connectivity index (χ4n) is 2.17. The van der Waals surface area contributed by atoms with Crippen LogP contribution in [-0.2, 0) is 13.0 Å². The van der Waals surface area contributed by atoms with Crippen LogP contribution >= 0.6 is 38.5 Å². The second-order valence-electron chi connectivity index (χ2n) is 3.82. The van der Waals surface area contributed by atoms with Crippen LogP contribution in [0.25, 0.3) is 10.9 Å². The monoisotopic (exact) mass is 376 g/mol. The lowest BCUT2D eigenvalue weighted by atomic mass is 10.1. The van der Waals surface area contributed by atoms with Gasteiger partial charge in [0.15, 0.2) is 0 Å². The first kappa shape index (κ1) is 10.1. The number of halogens is 2. The van der Waals surface area contributed by atoms with Gasteiger partial charge in [-0.3, -0.25) is 0 Å². The Morgan fingerprint density at radius 3 is 3.07 bits per heavy atom. The number of aromatic nitrogens is 1. The fourth-order valence-corrected chi connectivity index (χ4v) is 3.82. The van der Waals surface area contributed by atoms with Gasteiger partial charge in [-0.25, -0.2) is 0 Å². The van der Waals surface area contributed by atoms with Crippen LogP contribution in [0.2, 0.25) is 0 Å². The molecule has 2 heterocycles. The van der Waals surface area contributed by atoms with Gasteiger partial charge in [0, 0.05) is 38.6 Å². The van der Waals surface area contributed by atoms with Crippen LogP contribution in [0.5, 0.6) is 0 Å². The smallest absolute Gasteiger partial charge is 0.0595 e. The zero-order valence-electron chi connectivity index (χ0n) is 8.03. The summed E-state index contributed by atoms with van der Waals surface area (Å²) in [7, 11) is 0. The maximum absolute atomic E-state index is 3.56. The molecule has 1 aromatic carbocycles. The molecule has 3 rings (SSSR count). The Labute approximate surface area is 110 Å². The highest BCUT2D eigenvalue weighted by Crippen LogP contribution is 2.31. The van der Waals surface area contributed by atoms with Gasteiger partial charge in [0.2, 0.25) is 0 Å². The maximum atomic E-state index is 3.56. The van der Waals surface area contributed by atoms with E-state index in [4.69, 9.17) is 0 Å². The van der Waals surface area contributed by atoms with Crippen molar-refractivity contribution in [2.45, 2.75) is 13.0 Å². The molecular weight excluding hydrogens is 367 g/mol. The summed E-state index contributed by atoms with van der Waals surface area (Å²) in [6.45, 7) is 2.07. The Balaban J connectivity index is 2.37. The summed E-state index contributed by atoms with van der Waals surface area (Å²) in [4.78, 5) is 3.54. The van der Waals surface area contributed by atoms with E-state index in [1.54, 1.807) is 0 Å². The SMILES string of the molecule is Brc1cc(I)c2[nH]c3c(c2c1)CNCC3. The van der Waals surface area contributed by atoms with Crippen LogP contribution in [0.3, 0.4) is 0 Å². The molecule has 1 aromatic heterocycles. The highest BCUT2D eigenvalue weighted by molar-refractivity contribution is 14.1. The van der Waals surface area contributed by atoms with Crippen molar-refractivity contribution in [2.24, 2.45) is 0 Å². The summed E-state index contributed by atoms with van der Waals surface area (Å²) >= 11 is 5.94. The lowest BCUT2D eigenvalue weighted by Gasteiger charge is -2.12. The standard InChI is InChI=1S/C11H10BrIN2/c12-6-3-7-8-5-14-2-1-10(8)15-11(7)9(13)4-6/h3-4,14-15H,1-2,5H2. The molecule has 2 N–H and O–H groups in total. The van der Waals surface area contributed by atoms with E-state index in [0.717, 1.165) is 24.0 Å². The molecule has 0 saturated heterocycles. The predicted octanol–water partition coefficient (Wildman–Crippen LogP) is 3.18. The van der Waals surface area contributed by atoms with E-state index in [9.17, 15) is 0 Å². The largest absolute Gasteiger partial charge is 0.357 e. The molecule has 1 aliphatic heterocycles. The van der Waals surface area contributed by atoms with Crippen molar-refractivity contribution < 1.29 is 0 Å². The zero-order chi connectivity index (χ0) is 10.4. The highest BCUT2D eigenvalue weighted by Gasteiger charge is 2.16. The molecule has 0 unspecified atom stereocenters. The van der Waals surface area contributed by atoms with Crippen LogP contribution in [0.4, 0.5) is 0 Å². The molecule has 0 saturated carbocycles. The van der Waals surface area contributed by atoms with E-state index >= 15 is 0 Å². The molecule has 0 atom stereocenters. The minimum Gasteiger partial charge on any atom is -0.357 e. The molecule has 0 radical (unpaired) electrons. The molecule has 15 heavy (non-hydrogen) atoms. The lowest BCUT2D eigenvalue weighted by molar-refractivity contribution is 0.641. The summed E-state index contributed by atoms with van der Waals surface area (Å²) in [5.41, 5.74) is 4.13. The molecule has 78 valence electrons. The summed E-state index contributed by atoms with van der Waals surface area (Å²) in [6, 6.07) is 4.36. The average Bonchev–Trinajstić information content (AvgIpc) is 2.57. The highest BCUT2D eigenvalue weighted by atomic mass is 127. The average molecular weight is 377 g/mol. The Hall–Kier alpha value is -0.0700. The number of aromatic amines is 1. The normalized spacial score (nSPS) is 15.6. The van der Waals surface area contributed by atoms with Gasteiger partial charge in [-0.15, -0.1) is 0 Å². The zero-order valence-corrected chi connectivity index (χ0v) is 11.8. The minimum atomic E-state index is 0.988. The predicted molar refractivity (Wildman–Crippen MR) is 74.1 cm³/mol. The van der Waals surface area contributed by atoms with Crippen molar-refractivity contribution in [2.75, 3.05) is 6.54 Å². The molecule has 1 aliphatic rings. The van der Waals surface area contributed by atoms with Gasteiger partial charge < -0.3 is 10.3 Å². The molecule has 0 spiro atoms. The molecule has 0 aliphatic carbocycles. The van der Waals surface area contributed by atoms with E-state index in [1.807, 2.05) is 0 Å². The number of H-pyrrole nitrogens is 1. The maximum Gasteiger partial charge on any atom is 0.0595 e. The fraction of sp³-hybridized carbons (Fsp3) is 0.273. The number of rotatable bonds is 0. The summed E-state index contributed by atoms with van der Waals surface area (Å²) in [5, 5.41) is 4.78. The van der Waals surface area contributed by atoms with Gasteiger partial charge in [-0.1, -0.05) is 15.9 Å². The first-order chi connectivity index (χ1) is 7.25. The van der Waals surface area contributed by atoms with E-state index in [-0.39, 0.29) is 0 Å². The van der Waals surface area contributed by atoms with Gasteiger partial charge in [0.05, 0.1) is 5.52 Å². The van der Waals surface area contributed by atoms with Crippen molar-refractivity contribution in [1.82, 2.24) is 10.3 Å². The van der Waals surface area contributed by atoms with Gasteiger partial charge in [-0.05, 0) is 40.3 Å². The molecule has 4 heteroatoms. The summed E-state index contributed by atoms with van der Waals surface area (Å²) in [6.07, 6.45) is 1.11. The molecule has 0 bridgehead atoms. The van der Waals surface area contributed by atoms with Crippen LogP contribution in [0.15, 0.2) is 16.6 Å². The van der Waals surface area contributed by atoms with Crippen LogP contribution in [0.1, 0.15) is 11.3 Å². The first-order valence-corrected chi connectivity index (χ1v) is 6.82. The quantitative estimate of drug-likeness (QED) is 0.679. The number of fused-ring (bicyclic) bond motifs is 3. The van der Waals surface area contributed by atoms with Gasteiger partial charge in [0.1, 0.15) is 0 Å². The van der Waals surface area contributed by atoms with E-state index in [2.05, 4.69) is 61.0 Å². The molecule has 2 aromatic rings. The second kappa shape index (κ2) is 3.75. The van der Waals surface area contributed by atoms with Crippen LogP contribution < -0.4 is 5.32 Å². The topological polar surface area (TPSA) is 27.8 Å². The number of hydrogen-bond acceptors (Lipinski definition) is 1. The number of benzene rings is 1. The second-order valence-corrected chi connectivity index (χ2v) is 5.90. The van der Waals surface area contributed by atoms with Gasteiger partial charge in [-0.2, -0.15) is 0 Å². The van der Waals surface area contributed by atoms with Gasteiger partial charge >= 0.3 is 0 Å². The summed E-state index contributed by atoms with van der Waals surface area (Å²) < 4.78 is 2.44.